The van der Waals surface area contributed by atoms with Crippen LogP contribution >= 0.6 is 0 Å². The summed E-state index contributed by atoms with van der Waals surface area (Å²) in [5.74, 6) is 0.955. The maximum Gasteiger partial charge on any atom is 0.310 e. The predicted molar refractivity (Wildman–Crippen MR) is 97.4 cm³/mol. The molecule has 0 saturated carbocycles. The van der Waals surface area contributed by atoms with Crippen LogP contribution in [0.4, 0.5) is 5.69 Å². The number of hydrogen-bond acceptors (Lipinski definition) is 6. The second kappa shape index (κ2) is 7.69. The van der Waals surface area contributed by atoms with Crippen molar-refractivity contribution in [3.05, 3.63) is 81.6 Å². The van der Waals surface area contributed by atoms with Crippen molar-refractivity contribution in [3.63, 3.8) is 0 Å². The third-order valence-electron chi connectivity index (χ3n) is 4.01. The maximum absolute atomic E-state index is 12.2. The second-order valence-electron chi connectivity index (χ2n) is 5.78. The van der Waals surface area contributed by atoms with E-state index < -0.39 is 4.92 Å². The van der Waals surface area contributed by atoms with Crippen LogP contribution in [-0.2, 0) is 13.7 Å². The monoisotopic (exact) mass is 367 g/mol. The quantitative estimate of drug-likeness (QED) is 0.273. The molecule has 0 N–H and O–H groups in total. The number of hydrogen-bond donors (Lipinski definition) is 0. The fraction of sp³-hybridized carbons (Fsp3) is 0.158. The Labute approximate surface area is 154 Å². The van der Waals surface area contributed by atoms with Gasteiger partial charge < -0.3 is 9.15 Å². The third kappa shape index (κ3) is 4.12. The number of furan rings is 1. The Morgan fingerprint density at radius 3 is 2.81 bits per heavy atom. The molecule has 3 aromatic rings. The molecule has 138 valence electrons. The molecule has 8 nitrogen and oxygen atoms in total. The summed E-state index contributed by atoms with van der Waals surface area (Å²) in [5.41, 5.74) is 1.20. The van der Waals surface area contributed by atoms with Gasteiger partial charge in [-0.1, -0.05) is 12.1 Å². The molecule has 0 aliphatic heterocycles. The summed E-state index contributed by atoms with van der Waals surface area (Å²) >= 11 is 0. The minimum absolute atomic E-state index is 0.0361. The van der Waals surface area contributed by atoms with Gasteiger partial charge in [-0.2, -0.15) is 5.10 Å². The number of para-hydroxylation sites is 2. The standard InChI is InChI=1S/C19H17N3O5/c1-13-16(11-20-21(13)2)18(23)10-9-14-7-8-15(27-14)12-26-19-6-4-3-5-17(19)22(24)25/h3-11H,12H2,1-2H3/b10-9+. The molecule has 0 saturated heterocycles. The van der Waals surface area contributed by atoms with Gasteiger partial charge in [-0.05, 0) is 37.3 Å². The van der Waals surface area contributed by atoms with Crippen LogP contribution in [0, 0.1) is 17.0 Å². The molecule has 3 rings (SSSR count). The van der Waals surface area contributed by atoms with E-state index in [1.165, 1.54) is 24.4 Å². The van der Waals surface area contributed by atoms with E-state index in [1.54, 1.807) is 42.1 Å². The molecular weight excluding hydrogens is 350 g/mol. The smallest absolute Gasteiger partial charge is 0.310 e. The van der Waals surface area contributed by atoms with E-state index in [0.29, 0.717) is 17.1 Å². The van der Waals surface area contributed by atoms with Crippen molar-refractivity contribution in [2.24, 2.45) is 7.05 Å². The van der Waals surface area contributed by atoms with E-state index in [1.807, 2.05) is 6.92 Å². The fourth-order valence-electron chi connectivity index (χ4n) is 2.43. The third-order valence-corrected chi connectivity index (χ3v) is 4.01. The summed E-state index contributed by atoms with van der Waals surface area (Å²) in [4.78, 5) is 22.7. The van der Waals surface area contributed by atoms with E-state index in [0.717, 1.165) is 5.69 Å². The van der Waals surface area contributed by atoms with E-state index in [4.69, 9.17) is 9.15 Å². The number of nitro groups is 1. The van der Waals surface area contributed by atoms with Gasteiger partial charge in [0.15, 0.2) is 11.5 Å². The van der Waals surface area contributed by atoms with E-state index in [2.05, 4.69) is 5.10 Å². The summed E-state index contributed by atoms with van der Waals surface area (Å²) < 4.78 is 12.7. The first kappa shape index (κ1) is 18.1. The van der Waals surface area contributed by atoms with Crippen LogP contribution in [-0.4, -0.2) is 20.5 Å². The lowest BCUT2D eigenvalue weighted by atomic mass is 10.1. The highest BCUT2D eigenvalue weighted by Crippen LogP contribution is 2.27. The van der Waals surface area contributed by atoms with Gasteiger partial charge in [0, 0.05) is 18.8 Å². The first-order valence-electron chi connectivity index (χ1n) is 8.11. The predicted octanol–water partition coefficient (Wildman–Crippen LogP) is 3.70. The number of ether oxygens (including phenoxy) is 1. The topological polar surface area (TPSA) is 100 Å². The van der Waals surface area contributed by atoms with Gasteiger partial charge in [-0.15, -0.1) is 0 Å². The molecular formula is C19H17N3O5. The van der Waals surface area contributed by atoms with Gasteiger partial charge in [0.25, 0.3) is 0 Å². The van der Waals surface area contributed by atoms with Crippen LogP contribution in [0.25, 0.3) is 6.08 Å². The Kier molecular flexibility index (Phi) is 5.16. The number of nitrogens with zero attached hydrogens (tertiary/aromatic N) is 3. The minimum Gasteiger partial charge on any atom is -0.479 e. The van der Waals surface area contributed by atoms with Gasteiger partial charge in [-0.3, -0.25) is 19.6 Å². The van der Waals surface area contributed by atoms with Gasteiger partial charge >= 0.3 is 5.69 Å². The molecule has 0 bridgehead atoms. The number of rotatable bonds is 7. The fourth-order valence-corrected chi connectivity index (χ4v) is 2.43. The lowest BCUT2D eigenvalue weighted by molar-refractivity contribution is -0.386. The summed E-state index contributed by atoms with van der Waals surface area (Å²) in [5, 5.41) is 15.0. The number of carbonyl (C=O) groups is 1. The Balaban J connectivity index is 1.64. The maximum atomic E-state index is 12.2. The number of aryl methyl sites for hydroxylation is 1. The van der Waals surface area contributed by atoms with Crippen molar-refractivity contribution in [2.45, 2.75) is 13.5 Å². The molecule has 0 aliphatic rings. The first-order valence-corrected chi connectivity index (χ1v) is 8.11. The first-order chi connectivity index (χ1) is 13.0. The Morgan fingerprint density at radius 1 is 1.33 bits per heavy atom. The van der Waals surface area contributed by atoms with Crippen LogP contribution in [0.2, 0.25) is 0 Å². The molecule has 0 unspecified atom stereocenters. The largest absolute Gasteiger partial charge is 0.479 e. The highest BCUT2D eigenvalue weighted by atomic mass is 16.6. The van der Waals surface area contributed by atoms with Crippen LogP contribution in [0.3, 0.4) is 0 Å². The van der Waals surface area contributed by atoms with Crippen molar-refractivity contribution in [2.75, 3.05) is 0 Å². The molecule has 0 atom stereocenters. The number of carbonyl (C=O) groups excluding carboxylic acids is 1. The number of nitro benzene ring substituents is 1. The molecule has 27 heavy (non-hydrogen) atoms. The molecule has 0 radical (unpaired) electrons. The zero-order chi connectivity index (χ0) is 19.4. The van der Waals surface area contributed by atoms with Crippen LogP contribution in [0.15, 0.2) is 53.1 Å². The summed E-state index contributed by atoms with van der Waals surface area (Å²) in [6.07, 6.45) is 4.49. The zero-order valence-electron chi connectivity index (χ0n) is 14.8. The van der Waals surface area contributed by atoms with Crippen molar-refractivity contribution < 1.29 is 18.9 Å². The van der Waals surface area contributed by atoms with Crippen molar-refractivity contribution in [1.82, 2.24) is 9.78 Å². The Morgan fingerprint density at radius 2 is 2.11 bits per heavy atom. The van der Waals surface area contributed by atoms with Gasteiger partial charge in [0.2, 0.25) is 0 Å². The summed E-state index contributed by atoms with van der Waals surface area (Å²) in [6.45, 7) is 1.85. The second-order valence-corrected chi connectivity index (χ2v) is 5.78. The molecule has 0 spiro atoms. The molecule has 8 heteroatoms. The lowest BCUT2D eigenvalue weighted by Crippen LogP contribution is -1.98. The van der Waals surface area contributed by atoms with E-state index >= 15 is 0 Å². The Hall–Kier alpha value is -3.68. The molecule has 2 aromatic heterocycles. The highest BCUT2D eigenvalue weighted by Gasteiger charge is 2.14. The van der Waals surface area contributed by atoms with Gasteiger partial charge in [0.05, 0.1) is 16.7 Å². The number of allylic oxidation sites excluding steroid dienone is 1. The van der Waals surface area contributed by atoms with Crippen LogP contribution in [0.5, 0.6) is 5.75 Å². The molecule has 0 amide bonds. The van der Waals surface area contributed by atoms with E-state index in [-0.39, 0.29) is 23.8 Å². The van der Waals surface area contributed by atoms with E-state index in [9.17, 15) is 14.9 Å². The van der Waals surface area contributed by atoms with Crippen molar-refractivity contribution in [3.8, 4) is 5.75 Å². The average Bonchev–Trinajstić information content (AvgIpc) is 3.25. The Bertz CT molecular complexity index is 1020. The minimum atomic E-state index is -0.502. The van der Waals surface area contributed by atoms with Crippen LogP contribution in [0.1, 0.15) is 27.6 Å². The lowest BCUT2D eigenvalue weighted by Gasteiger charge is -2.04. The highest BCUT2D eigenvalue weighted by molar-refractivity contribution is 6.07. The number of ketones is 1. The summed E-state index contributed by atoms with van der Waals surface area (Å²) in [7, 11) is 1.77. The van der Waals surface area contributed by atoms with Gasteiger partial charge in [0.1, 0.15) is 18.1 Å². The zero-order valence-corrected chi connectivity index (χ0v) is 14.8. The van der Waals surface area contributed by atoms with Crippen molar-refractivity contribution >= 4 is 17.5 Å². The SMILES string of the molecule is Cc1c(C(=O)/C=C/c2ccc(COc3ccccc3[N+](=O)[O-])o2)cnn1C. The number of aromatic nitrogens is 2. The molecule has 2 heterocycles. The molecule has 1 aromatic carbocycles. The van der Waals surface area contributed by atoms with Gasteiger partial charge in [-0.25, -0.2) is 0 Å². The van der Waals surface area contributed by atoms with Crippen molar-refractivity contribution in [1.29, 1.82) is 0 Å². The summed E-state index contributed by atoms with van der Waals surface area (Å²) in [6, 6.07) is 9.51. The van der Waals surface area contributed by atoms with Crippen LogP contribution < -0.4 is 4.74 Å². The molecule has 0 fully saturated rings. The molecule has 0 aliphatic carbocycles. The number of benzene rings is 1. The normalized spacial score (nSPS) is 11.0. The average molecular weight is 367 g/mol.